The fourth-order valence-corrected chi connectivity index (χ4v) is 4.01. The summed E-state index contributed by atoms with van der Waals surface area (Å²) in [6.07, 6.45) is 3.16. The molecule has 0 unspecified atom stereocenters. The molecule has 0 aliphatic rings. The lowest BCUT2D eigenvalue weighted by molar-refractivity contribution is 0.221. The molecule has 11 heteroatoms. The summed E-state index contributed by atoms with van der Waals surface area (Å²) in [5, 5.41) is 22.8. The fourth-order valence-electron chi connectivity index (χ4n) is 1.48. The number of rotatable bonds is 11. The van der Waals surface area contributed by atoms with E-state index in [0.29, 0.717) is 11.9 Å². The lowest BCUT2D eigenvalue weighted by atomic mass is 10.5. The zero-order valence-corrected chi connectivity index (χ0v) is 15.3. The van der Waals surface area contributed by atoms with Crippen LogP contribution in [0.2, 0.25) is 0 Å². The van der Waals surface area contributed by atoms with Crippen molar-refractivity contribution < 1.29 is 9.47 Å². The Morgan fingerprint density at radius 1 is 1.09 bits per heavy atom. The van der Waals surface area contributed by atoms with Gasteiger partial charge in [0.05, 0.1) is 7.11 Å². The van der Waals surface area contributed by atoms with Crippen molar-refractivity contribution in [3.8, 4) is 0 Å². The molecule has 0 bridgehead atoms. The molecule has 0 aromatic carbocycles. The third-order valence-corrected chi connectivity index (χ3v) is 5.30. The van der Waals surface area contributed by atoms with E-state index in [0.717, 1.165) is 39.5 Å². The maximum absolute atomic E-state index is 4.93. The monoisotopic (exact) mass is 374 g/mol. The Balaban J connectivity index is 1.61. The Morgan fingerprint density at radius 2 is 1.83 bits per heavy atom. The Labute approximate surface area is 146 Å². The van der Waals surface area contributed by atoms with E-state index in [1.165, 1.54) is 17.7 Å². The van der Waals surface area contributed by atoms with Crippen LogP contribution in [0.15, 0.2) is 4.99 Å². The Hall–Kier alpha value is -1.30. The summed E-state index contributed by atoms with van der Waals surface area (Å²) >= 11 is 4.91. The van der Waals surface area contributed by atoms with E-state index < -0.39 is 0 Å². The average Bonchev–Trinajstić information content (AvgIpc) is 3.20. The SMILES string of the molecule is COC=Nc1nnc(CCSCCc2nnc(NCOC)s2)s1. The molecular weight excluding hydrogens is 356 g/mol. The molecule has 2 rings (SSSR count). The molecule has 0 radical (unpaired) electrons. The Morgan fingerprint density at radius 3 is 2.57 bits per heavy atom. The lowest BCUT2D eigenvalue weighted by Gasteiger charge is -1.98. The molecule has 2 heterocycles. The van der Waals surface area contributed by atoms with E-state index in [1.807, 2.05) is 11.8 Å². The molecule has 0 atom stereocenters. The van der Waals surface area contributed by atoms with Crippen molar-refractivity contribution in [1.29, 1.82) is 0 Å². The largest absolute Gasteiger partial charge is 0.486 e. The topological polar surface area (TPSA) is 94.4 Å². The van der Waals surface area contributed by atoms with Gasteiger partial charge in [-0.2, -0.15) is 16.8 Å². The molecule has 0 amide bonds. The first-order valence-electron chi connectivity index (χ1n) is 6.82. The molecule has 1 N–H and O–H groups in total. The van der Waals surface area contributed by atoms with Crippen molar-refractivity contribution in [2.45, 2.75) is 12.8 Å². The summed E-state index contributed by atoms with van der Waals surface area (Å²) in [6, 6.07) is 0. The minimum absolute atomic E-state index is 0.446. The summed E-state index contributed by atoms with van der Waals surface area (Å²) < 4.78 is 9.69. The second kappa shape index (κ2) is 10.5. The number of thioether (sulfide) groups is 1. The van der Waals surface area contributed by atoms with Gasteiger partial charge in [-0.05, 0) is 11.5 Å². The minimum Gasteiger partial charge on any atom is -0.486 e. The summed E-state index contributed by atoms with van der Waals surface area (Å²) in [5.74, 6) is 2.00. The van der Waals surface area contributed by atoms with Crippen LogP contribution in [0.4, 0.5) is 10.3 Å². The number of nitrogens with one attached hydrogen (secondary N) is 1. The highest BCUT2D eigenvalue weighted by Crippen LogP contribution is 2.20. The van der Waals surface area contributed by atoms with Gasteiger partial charge in [-0.1, -0.05) is 22.7 Å². The van der Waals surface area contributed by atoms with Crippen LogP contribution >= 0.6 is 34.4 Å². The molecule has 23 heavy (non-hydrogen) atoms. The number of aliphatic imine (C=N–C) groups is 1. The van der Waals surface area contributed by atoms with Crippen LogP contribution in [0.5, 0.6) is 0 Å². The van der Waals surface area contributed by atoms with Crippen molar-refractivity contribution in [3.05, 3.63) is 10.0 Å². The van der Waals surface area contributed by atoms with Gasteiger partial charge >= 0.3 is 0 Å². The number of nitrogens with zero attached hydrogens (tertiary/aromatic N) is 5. The van der Waals surface area contributed by atoms with Crippen molar-refractivity contribution in [3.63, 3.8) is 0 Å². The second-order valence-electron chi connectivity index (χ2n) is 4.17. The van der Waals surface area contributed by atoms with Crippen LogP contribution in [0.1, 0.15) is 10.0 Å². The van der Waals surface area contributed by atoms with Gasteiger partial charge in [0.1, 0.15) is 16.7 Å². The number of ether oxygens (including phenoxy) is 2. The van der Waals surface area contributed by atoms with Crippen molar-refractivity contribution in [2.75, 3.05) is 37.8 Å². The average molecular weight is 375 g/mol. The summed E-state index contributed by atoms with van der Waals surface area (Å²) in [6.45, 7) is 0.446. The van der Waals surface area contributed by atoms with Gasteiger partial charge in [-0.15, -0.1) is 20.4 Å². The molecule has 2 aromatic rings. The van der Waals surface area contributed by atoms with Gasteiger partial charge in [0.25, 0.3) is 0 Å². The zero-order valence-electron chi connectivity index (χ0n) is 12.9. The van der Waals surface area contributed by atoms with E-state index in [2.05, 4.69) is 30.7 Å². The quantitative estimate of drug-likeness (QED) is 0.277. The van der Waals surface area contributed by atoms with Gasteiger partial charge in [0.15, 0.2) is 6.40 Å². The first-order chi connectivity index (χ1) is 11.3. The zero-order chi connectivity index (χ0) is 16.3. The number of hydrogen-bond acceptors (Lipinski definition) is 11. The van der Waals surface area contributed by atoms with E-state index in [-0.39, 0.29) is 0 Å². The number of methoxy groups -OCH3 is 2. The molecule has 8 nitrogen and oxygen atoms in total. The van der Waals surface area contributed by atoms with E-state index in [4.69, 9.17) is 9.47 Å². The fraction of sp³-hybridized carbons (Fsp3) is 0.583. The van der Waals surface area contributed by atoms with Crippen LogP contribution in [0.25, 0.3) is 0 Å². The molecule has 0 saturated heterocycles. The number of anilines is 1. The van der Waals surface area contributed by atoms with Crippen LogP contribution in [-0.4, -0.2) is 59.3 Å². The molecule has 0 fully saturated rings. The second-order valence-corrected chi connectivity index (χ2v) is 7.50. The van der Waals surface area contributed by atoms with Crippen LogP contribution < -0.4 is 5.32 Å². The highest BCUT2D eigenvalue weighted by Gasteiger charge is 2.05. The first kappa shape index (κ1) is 18.0. The summed E-state index contributed by atoms with van der Waals surface area (Å²) in [7, 11) is 3.19. The number of aryl methyl sites for hydroxylation is 2. The third kappa shape index (κ3) is 6.77. The van der Waals surface area contributed by atoms with Gasteiger partial charge in [0, 0.05) is 20.0 Å². The van der Waals surface area contributed by atoms with E-state index >= 15 is 0 Å². The third-order valence-electron chi connectivity index (χ3n) is 2.48. The van der Waals surface area contributed by atoms with Crippen molar-refractivity contribution in [1.82, 2.24) is 20.4 Å². The number of aromatic nitrogens is 4. The Kier molecular flexibility index (Phi) is 8.21. The molecular formula is C12H18N6O2S3. The van der Waals surface area contributed by atoms with Crippen molar-refractivity contribution >= 4 is 51.1 Å². The lowest BCUT2D eigenvalue weighted by Crippen LogP contribution is -2.01. The van der Waals surface area contributed by atoms with Crippen LogP contribution in [0.3, 0.4) is 0 Å². The van der Waals surface area contributed by atoms with E-state index in [1.54, 1.807) is 25.6 Å². The smallest absolute Gasteiger partial charge is 0.234 e. The van der Waals surface area contributed by atoms with Crippen LogP contribution in [-0.2, 0) is 22.3 Å². The summed E-state index contributed by atoms with van der Waals surface area (Å²) in [5.41, 5.74) is 0. The van der Waals surface area contributed by atoms with Gasteiger partial charge in [-0.3, -0.25) is 0 Å². The van der Waals surface area contributed by atoms with Crippen molar-refractivity contribution in [2.24, 2.45) is 4.99 Å². The van der Waals surface area contributed by atoms with Crippen LogP contribution in [0, 0.1) is 0 Å². The predicted octanol–water partition coefficient (Wildman–Crippen LogP) is 2.23. The highest BCUT2D eigenvalue weighted by atomic mass is 32.2. The molecule has 126 valence electrons. The molecule has 0 aliphatic heterocycles. The van der Waals surface area contributed by atoms with Gasteiger partial charge in [0.2, 0.25) is 10.3 Å². The Bertz CT molecular complexity index is 603. The molecule has 0 aliphatic carbocycles. The predicted molar refractivity (Wildman–Crippen MR) is 95.2 cm³/mol. The molecule has 0 saturated carbocycles. The maximum Gasteiger partial charge on any atom is 0.234 e. The molecule has 0 spiro atoms. The molecule has 2 aromatic heterocycles. The maximum atomic E-state index is 4.93. The number of hydrogen-bond donors (Lipinski definition) is 1. The minimum atomic E-state index is 0.446. The summed E-state index contributed by atoms with van der Waals surface area (Å²) in [4.78, 5) is 4.02. The van der Waals surface area contributed by atoms with Gasteiger partial charge < -0.3 is 14.8 Å². The van der Waals surface area contributed by atoms with E-state index in [9.17, 15) is 0 Å². The normalized spacial score (nSPS) is 11.2. The standard InChI is InChI=1S/C12H18N6O2S3/c1-19-7-13-11-17-15-9(22-11)3-5-21-6-4-10-16-18-12(23-10)14-8-20-2/h7H,3-6,8H2,1-2H3,(H,14,18). The van der Waals surface area contributed by atoms with Gasteiger partial charge in [-0.25, -0.2) is 0 Å². The first-order valence-corrected chi connectivity index (χ1v) is 9.61. The highest BCUT2D eigenvalue weighted by molar-refractivity contribution is 7.99.